The molecule has 0 fully saturated rings. The third kappa shape index (κ3) is 41.2. The summed E-state index contributed by atoms with van der Waals surface area (Å²) in [7, 11) is 4.94. The molecule has 1 radical (unpaired) electrons. The van der Waals surface area contributed by atoms with Crippen LogP contribution in [0.15, 0.2) is 0 Å². The molecule has 0 atom stereocenters. The zero-order chi connectivity index (χ0) is 28.5. The zero-order valence-corrected chi connectivity index (χ0v) is 32.6. The molecule has 0 unspecified atom stereocenters. The second kappa shape index (κ2) is 39.3. The van der Waals surface area contributed by atoms with Crippen molar-refractivity contribution in [2.45, 2.75) is 219 Å². The third-order valence-corrected chi connectivity index (χ3v) is 9.23. The van der Waals surface area contributed by atoms with Crippen LogP contribution in [0.5, 0.6) is 0 Å². The Hall–Kier alpha value is 1.25. The Labute approximate surface area is 291 Å². The Kier molecular flexibility index (Phi) is 44.7. The molecule has 0 amide bonds. The van der Waals surface area contributed by atoms with Crippen molar-refractivity contribution in [3.63, 3.8) is 0 Å². The van der Waals surface area contributed by atoms with Gasteiger partial charge in [0.25, 0.3) is 0 Å². The van der Waals surface area contributed by atoms with Gasteiger partial charge in [0.15, 0.2) is 0 Å². The second-order valence-electron chi connectivity index (χ2n) is 14.0. The van der Waals surface area contributed by atoms with Gasteiger partial charge in [-0.1, -0.05) is 194 Å². The van der Waals surface area contributed by atoms with Crippen molar-refractivity contribution in [2.75, 3.05) is 27.2 Å². The average Bonchev–Trinajstić information content (AvgIpc) is 2.92. The van der Waals surface area contributed by atoms with Crippen molar-refractivity contribution in [3.05, 3.63) is 0 Å². The minimum Gasteiger partial charge on any atom is -1.00 e. The van der Waals surface area contributed by atoms with Crippen LogP contribution in [-0.4, -0.2) is 61.2 Å². The molecule has 0 N–H and O–H groups in total. The number of halogens is 1. The molecule has 0 aromatic carbocycles. The number of quaternary nitrogens is 1. The van der Waals surface area contributed by atoms with Gasteiger partial charge in [-0.2, -0.15) is 0 Å². The summed E-state index contributed by atoms with van der Waals surface area (Å²) < 4.78 is 1.25. The number of hydrogen-bond donors (Lipinski definition) is 0. The maximum atomic E-state index is 2.47. The van der Waals surface area contributed by atoms with E-state index < -0.39 is 0 Å². The molecule has 0 bridgehead atoms. The molecule has 0 aliphatic carbocycles. The molecule has 41 heavy (non-hydrogen) atoms. The van der Waals surface area contributed by atoms with Gasteiger partial charge in [0.05, 0.1) is 27.2 Å². The van der Waals surface area contributed by atoms with Crippen LogP contribution in [0.2, 0.25) is 0 Å². The van der Waals surface area contributed by atoms with E-state index in [1.807, 2.05) is 0 Å². The van der Waals surface area contributed by atoms with Crippen LogP contribution in [0.25, 0.3) is 0 Å². The Bertz CT molecular complexity index is 404. The van der Waals surface area contributed by atoms with E-state index in [-0.39, 0.29) is 42.0 Å². The summed E-state index contributed by atoms with van der Waals surface area (Å²) >= 11 is 0. The Morgan fingerprint density at radius 3 is 0.585 bits per heavy atom. The monoisotopic (exact) mass is 609 g/mol. The minimum absolute atomic E-state index is 0. The fourth-order valence-electron chi connectivity index (χ4n) is 6.29. The first-order valence-corrected chi connectivity index (χ1v) is 18.9. The summed E-state index contributed by atoms with van der Waals surface area (Å²) in [5.41, 5.74) is 0. The summed E-state index contributed by atoms with van der Waals surface area (Å²) in [5.74, 6) is 0. The molecule has 0 aromatic rings. The van der Waals surface area contributed by atoms with Gasteiger partial charge in [0.2, 0.25) is 0 Å². The molecular formula is C38H80ClNNa. The van der Waals surface area contributed by atoms with Crippen LogP contribution >= 0.6 is 0 Å². The molecule has 1 nitrogen and oxygen atoms in total. The molecule has 0 spiro atoms. The van der Waals surface area contributed by atoms with E-state index in [2.05, 4.69) is 27.9 Å². The number of unbranched alkanes of at least 4 members (excludes halogenated alkanes) is 30. The van der Waals surface area contributed by atoms with Gasteiger partial charge in [-0.05, 0) is 25.7 Å². The molecule has 0 rings (SSSR count). The molecule has 0 saturated heterocycles. The quantitative estimate of drug-likeness (QED) is 0.0387. The summed E-state index contributed by atoms with van der Waals surface area (Å²) in [6.07, 6.45) is 46.9. The standard InChI is InChI=1S/C38H80N.ClH.Na/c1-5-7-9-11-13-15-17-19-21-23-25-27-29-31-33-35-37-39(3,4)38-36-34-32-30-28-26-24-22-20-18-16-14-12-10-8-6-2;;/h5-38H2,1-4H3;1H;/q+1;;/p-1. The van der Waals surface area contributed by atoms with Crippen molar-refractivity contribution in [3.8, 4) is 0 Å². The van der Waals surface area contributed by atoms with Crippen molar-refractivity contribution in [2.24, 2.45) is 0 Å². The van der Waals surface area contributed by atoms with Gasteiger partial charge >= 0.3 is 0 Å². The molecule has 0 heterocycles. The average molecular weight is 610 g/mol. The molecule has 0 aliphatic rings. The van der Waals surface area contributed by atoms with E-state index >= 15 is 0 Å². The van der Waals surface area contributed by atoms with Gasteiger partial charge in [-0.15, -0.1) is 0 Å². The van der Waals surface area contributed by atoms with Gasteiger partial charge in [0.1, 0.15) is 0 Å². The smallest absolute Gasteiger partial charge is 0.0782 e. The normalized spacial score (nSPS) is 11.4. The van der Waals surface area contributed by atoms with Gasteiger partial charge < -0.3 is 16.9 Å². The summed E-state index contributed by atoms with van der Waals surface area (Å²) in [6, 6.07) is 0. The first-order chi connectivity index (χ1) is 19.1. The number of nitrogens with zero attached hydrogens (tertiary/aromatic N) is 1. The van der Waals surface area contributed by atoms with Crippen LogP contribution < -0.4 is 12.4 Å². The van der Waals surface area contributed by atoms with Crippen LogP contribution in [0.1, 0.15) is 219 Å². The fourth-order valence-corrected chi connectivity index (χ4v) is 6.29. The van der Waals surface area contributed by atoms with Gasteiger partial charge in [-0.25, -0.2) is 0 Å². The van der Waals surface area contributed by atoms with E-state index in [1.165, 1.54) is 223 Å². The van der Waals surface area contributed by atoms with E-state index in [1.54, 1.807) is 0 Å². The van der Waals surface area contributed by atoms with E-state index in [0.717, 1.165) is 0 Å². The van der Waals surface area contributed by atoms with Crippen molar-refractivity contribution < 1.29 is 16.9 Å². The minimum atomic E-state index is 0. The third-order valence-electron chi connectivity index (χ3n) is 9.23. The van der Waals surface area contributed by atoms with Crippen molar-refractivity contribution in [1.82, 2.24) is 0 Å². The predicted molar refractivity (Wildman–Crippen MR) is 187 cm³/mol. The van der Waals surface area contributed by atoms with E-state index in [9.17, 15) is 0 Å². The van der Waals surface area contributed by atoms with Crippen LogP contribution in [0.4, 0.5) is 0 Å². The fraction of sp³-hybridized carbons (Fsp3) is 1.00. The largest absolute Gasteiger partial charge is 1.00 e. The van der Waals surface area contributed by atoms with Gasteiger partial charge in [0, 0.05) is 29.6 Å². The molecule has 0 saturated carbocycles. The molecule has 245 valence electrons. The summed E-state index contributed by atoms with van der Waals surface area (Å²) in [4.78, 5) is 0. The number of rotatable bonds is 34. The van der Waals surface area contributed by atoms with Crippen molar-refractivity contribution in [1.29, 1.82) is 0 Å². The zero-order valence-electron chi connectivity index (χ0n) is 29.9. The molecule has 0 aliphatic heterocycles. The van der Waals surface area contributed by atoms with Crippen molar-refractivity contribution >= 4 is 29.6 Å². The van der Waals surface area contributed by atoms with E-state index in [4.69, 9.17) is 0 Å². The number of hydrogen-bond acceptors (Lipinski definition) is 0. The Morgan fingerprint density at radius 1 is 0.268 bits per heavy atom. The van der Waals surface area contributed by atoms with Crippen LogP contribution in [-0.2, 0) is 0 Å². The molecule has 3 heteroatoms. The first-order valence-electron chi connectivity index (χ1n) is 18.9. The van der Waals surface area contributed by atoms with Crippen LogP contribution in [0, 0.1) is 0 Å². The molecule has 0 aromatic heterocycles. The Morgan fingerprint density at radius 2 is 0.415 bits per heavy atom. The molecular weight excluding hydrogens is 529 g/mol. The maximum Gasteiger partial charge on any atom is 0.0782 e. The SMILES string of the molecule is CCCCCCCCCCCCCCCCCC[N+](C)(C)CCCCCCCCCCCCCCCCCC.[Cl-].[Na]. The maximum absolute atomic E-state index is 2.47. The second-order valence-corrected chi connectivity index (χ2v) is 14.0. The van der Waals surface area contributed by atoms with E-state index in [0.29, 0.717) is 0 Å². The summed E-state index contributed by atoms with van der Waals surface area (Å²) in [5, 5.41) is 0. The summed E-state index contributed by atoms with van der Waals surface area (Å²) in [6.45, 7) is 7.39. The first kappa shape index (κ1) is 46.7. The Balaban J connectivity index is -0.00000722. The topological polar surface area (TPSA) is 0 Å². The van der Waals surface area contributed by atoms with Crippen LogP contribution in [0.3, 0.4) is 0 Å². The van der Waals surface area contributed by atoms with Gasteiger partial charge in [-0.3, -0.25) is 0 Å². The predicted octanol–water partition coefficient (Wildman–Crippen LogP) is 10.2.